The van der Waals surface area contributed by atoms with Crippen molar-refractivity contribution in [2.45, 2.75) is 54.8 Å². The van der Waals surface area contributed by atoms with Crippen LogP contribution < -0.4 is 9.46 Å². The lowest BCUT2D eigenvalue weighted by atomic mass is 9.94. The van der Waals surface area contributed by atoms with Gasteiger partial charge in [0.15, 0.2) is 0 Å². The zero-order valence-corrected chi connectivity index (χ0v) is 23.3. The Kier molecular flexibility index (Phi) is 7.18. The Morgan fingerprint density at radius 1 is 0.976 bits per heavy atom. The van der Waals surface area contributed by atoms with Crippen molar-refractivity contribution in [1.82, 2.24) is 9.71 Å². The van der Waals surface area contributed by atoms with Crippen LogP contribution in [-0.4, -0.2) is 32.8 Å². The molecule has 1 N–H and O–H groups in total. The van der Waals surface area contributed by atoms with E-state index in [1.807, 2.05) is 24.3 Å². The van der Waals surface area contributed by atoms with Crippen molar-refractivity contribution in [3.8, 4) is 5.75 Å². The third kappa shape index (κ3) is 5.84. The number of sulfonamides is 1. The van der Waals surface area contributed by atoms with Gasteiger partial charge in [-0.3, -0.25) is 4.98 Å². The largest absolute Gasteiger partial charge is 0.573 e. The monoisotopic (exact) mass is 596 g/mol. The second kappa shape index (κ2) is 10.7. The fraction of sp³-hybridized carbons (Fsp3) is 0.290. The molecule has 11 heteroatoms. The molecule has 2 fully saturated rings. The van der Waals surface area contributed by atoms with E-state index < -0.39 is 34.1 Å². The maximum absolute atomic E-state index is 13.9. The second-order valence-electron chi connectivity index (χ2n) is 10.6. The molecule has 2 aliphatic carbocycles. The minimum atomic E-state index is -4.86. The number of nitrogens with zero attached hydrogens (tertiary/aromatic N) is 1. The molecule has 0 aliphatic heterocycles. The standard InChI is InChI=1S/C31H27F3N2O5S/c1-40-30(37)25-15-14-23(16-26(25)18-6-7-18)42(38,39)36-28(20-10-12-22(13-11-20)41-31(32,33)34)29-27(19-8-9-19)24-5-3-2-4-21(24)17-35-29/h2-5,10-19,28,36H,6-9H2,1H3. The van der Waals surface area contributed by atoms with Crippen LogP contribution in [-0.2, 0) is 14.8 Å². The van der Waals surface area contributed by atoms with E-state index in [9.17, 15) is 26.4 Å². The van der Waals surface area contributed by atoms with E-state index in [1.54, 1.807) is 6.20 Å². The lowest BCUT2D eigenvalue weighted by Gasteiger charge is -2.23. The van der Waals surface area contributed by atoms with Gasteiger partial charge >= 0.3 is 12.3 Å². The number of esters is 1. The fourth-order valence-corrected chi connectivity index (χ4v) is 6.56. The molecule has 6 rings (SSSR count). The number of carbonyl (C=O) groups excluding carboxylic acids is 1. The minimum absolute atomic E-state index is 0.0344. The summed E-state index contributed by atoms with van der Waals surface area (Å²) in [6.07, 6.45) is 0.316. The van der Waals surface area contributed by atoms with Gasteiger partial charge in [-0.05, 0) is 89.9 Å². The lowest BCUT2D eigenvalue weighted by molar-refractivity contribution is -0.274. The number of halogens is 3. The molecule has 3 aromatic carbocycles. The molecule has 1 atom stereocenters. The van der Waals surface area contributed by atoms with Gasteiger partial charge in [-0.15, -0.1) is 13.2 Å². The summed E-state index contributed by atoms with van der Waals surface area (Å²) in [5, 5.41) is 1.86. The molecule has 218 valence electrons. The molecule has 2 saturated carbocycles. The number of aromatic nitrogens is 1. The third-order valence-corrected chi connectivity index (χ3v) is 9.03. The van der Waals surface area contributed by atoms with Crippen molar-refractivity contribution >= 4 is 26.8 Å². The van der Waals surface area contributed by atoms with Gasteiger partial charge in [-0.25, -0.2) is 13.2 Å². The highest BCUT2D eigenvalue weighted by molar-refractivity contribution is 7.89. The van der Waals surface area contributed by atoms with Gasteiger partial charge in [0.1, 0.15) is 5.75 Å². The van der Waals surface area contributed by atoms with Crippen molar-refractivity contribution in [1.29, 1.82) is 0 Å². The number of nitrogens with one attached hydrogen (secondary N) is 1. The molecule has 7 nitrogen and oxygen atoms in total. The zero-order chi connectivity index (χ0) is 29.6. The quantitative estimate of drug-likeness (QED) is 0.215. The van der Waals surface area contributed by atoms with Crippen LogP contribution >= 0.6 is 0 Å². The summed E-state index contributed by atoms with van der Waals surface area (Å²) in [5.74, 6) is -0.717. The first-order chi connectivity index (χ1) is 20.0. The van der Waals surface area contributed by atoms with E-state index in [-0.39, 0.29) is 16.7 Å². The molecule has 1 heterocycles. The summed E-state index contributed by atoms with van der Waals surface area (Å²) in [6.45, 7) is 0. The van der Waals surface area contributed by atoms with Crippen molar-refractivity contribution < 1.29 is 35.9 Å². The smallest absolute Gasteiger partial charge is 0.465 e. The molecular weight excluding hydrogens is 569 g/mol. The fourth-order valence-electron chi connectivity index (χ4n) is 5.34. The number of hydrogen-bond donors (Lipinski definition) is 1. The topological polar surface area (TPSA) is 94.6 Å². The average molecular weight is 597 g/mol. The van der Waals surface area contributed by atoms with Crippen LogP contribution in [0.1, 0.15) is 76.3 Å². The molecule has 0 saturated heterocycles. The number of methoxy groups -OCH3 is 1. The molecule has 4 aromatic rings. The Balaban J connectivity index is 1.45. The number of hydrogen-bond acceptors (Lipinski definition) is 6. The lowest BCUT2D eigenvalue weighted by Crippen LogP contribution is -2.31. The van der Waals surface area contributed by atoms with Crippen molar-refractivity contribution in [3.63, 3.8) is 0 Å². The van der Waals surface area contributed by atoms with Gasteiger partial charge < -0.3 is 9.47 Å². The summed E-state index contributed by atoms with van der Waals surface area (Å²) < 4.78 is 78.0. The minimum Gasteiger partial charge on any atom is -0.465 e. The van der Waals surface area contributed by atoms with Crippen LogP contribution in [0.4, 0.5) is 13.2 Å². The first kappa shape index (κ1) is 28.2. The van der Waals surface area contributed by atoms with Gasteiger partial charge in [0, 0.05) is 11.6 Å². The van der Waals surface area contributed by atoms with Crippen LogP contribution in [0, 0.1) is 0 Å². The number of benzene rings is 3. The molecule has 0 amide bonds. The Morgan fingerprint density at radius 3 is 2.31 bits per heavy atom. The van der Waals surface area contributed by atoms with Crippen molar-refractivity contribution in [2.24, 2.45) is 0 Å². The van der Waals surface area contributed by atoms with Gasteiger partial charge in [0.2, 0.25) is 10.0 Å². The molecule has 0 radical (unpaired) electrons. The van der Waals surface area contributed by atoms with E-state index in [4.69, 9.17) is 9.72 Å². The Morgan fingerprint density at radius 2 is 1.67 bits per heavy atom. The molecule has 2 aliphatic rings. The van der Waals surface area contributed by atoms with Gasteiger partial charge in [0.25, 0.3) is 0 Å². The van der Waals surface area contributed by atoms with Gasteiger partial charge in [-0.1, -0.05) is 36.4 Å². The predicted octanol–water partition coefficient (Wildman–Crippen LogP) is 6.74. The van der Waals surface area contributed by atoms with E-state index in [2.05, 4.69) is 9.46 Å². The number of ether oxygens (including phenoxy) is 2. The number of carbonyl (C=O) groups is 1. The highest BCUT2D eigenvalue weighted by Crippen LogP contribution is 2.47. The highest BCUT2D eigenvalue weighted by atomic mass is 32.2. The van der Waals surface area contributed by atoms with E-state index >= 15 is 0 Å². The Labute approximate surface area is 240 Å². The summed E-state index contributed by atoms with van der Waals surface area (Å²) in [4.78, 5) is 17.0. The zero-order valence-electron chi connectivity index (χ0n) is 22.5. The number of rotatable bonds is 9. The van der Waals surface area contributed by atoms with Gasteiger partial charge in [-0.2, -0.15) is 4.72 Å². The summed E-state index contributed by atoms with van der Waals surface area (Å²) >= 11 is 0. The maximum Gasteiger partial charge on any atom is 0.573 e. The summed E-state index contributed by atoms with van der Waals surface area (Å²) in [5.41, 5.74) is 2.72. The van der Waals surface area contributed by atoms with Crippen LogP contribution in [0.15, 0.2) is 77.8 Å². The molecule has 0 spiro atoms. The summed E-state index contributed by atoms with van der Waals surface area (Å²) in [7, 11) is -2.93. The summed E-state index contributed by atoms with van der Waals surface area (Å²) in [6, 6.07) is 16.1. The highest BCUT2D eigenvalue weighted by Gasteiger charge is 2.36. The first-order valence-corrected chi connectivity index (χ1v) is 15.0. The molecule has 42 heavy (non-hydrogen) atoms. The van der Waals surface area contributed by atoms with Crippen LogP contribution in [0.5, 0.6) is 5.75 Å². The SMILES string of the molecule is COC(=O)c1ccc(S(=O)(=O)NC(c2ccc(OC(F)(F)F)cc2)c2ncc3ccccc3c2C2CC2)cc1C1CC1. The third-order valence-electron chi connectivity index (χ3n) is 7.60. The number of alkyl halides is 3. The van der Waals surface area contributed by atoms with Gasteiger partial charge in [0.05, 0.1) is 29.3 Å². The normalized spacial score (nSPS) is 16.3. The average Bonchev–Trinajstić information content (AvgIpc) is 3.88. The van der Waals surface area contributed by atoms with Crippen LogP contribution in [0.2, 0.25) is 0 Å². The van der Waals surface area contributed by atoms with Crippen molar-refractivity contribution in [2.75, 3.05) is 7.11 Å². The van der Waals surface area contributed by atoms with E-state index in [1.165, 1.54) is 37.4 Å². The first-order valence-electron chi connectivity index (χ1n) is 13.5. The Bertz CT molecular complexity index is 1770. The van der Waals surface area contributed by atoms with Crippen LogP contribution in [0.25, 0.3) is 10.8 Å². The number of fused-ring (bicyclic) bond motifs is 1. The van der Waals surface area contributed by atoms with E-state index in [0.717, 1.165) is 54.2 Å². The molecule has 0 bridgehead atoms. The van der Waals surface area contributed by atoms with Crippen LogP contribution in [0.3, 0.4) is 0 Å². The Hall–Kier alpha value is -3.96. The molecule has 1 unspecified atom stereocenters. The molecular formula is C31H27F3N2O5S. The second-order valence-corrected chi connectivity index (χ2v) is 12.3. The van der Waals surface area contributed by atoms with Crippen molar-refractivity contribution in [3.05, 3.63) is 101 Å². The predicted molar refractivity (Wildman–Crippen MR) is 149 cm³/mol. The van der Waals surface area contributed by atoms with E-state index in [0.29, 0.717) is 22.4 Å². The molecule has 1 aromatic heterocycles. The number of pyridine rings is 1. The maximum atomic E-state index is 13.9.